The van der Waals surface area contributed by atoms with Gasteiger partial charge in [0.25, 0.3) is 0 Å². The Morgan fingerprint density at radius 1 is 1.35 bits per heavy atom. The molecular weight excluding hydrogens is 312 g/mol. The Kier molecular flexibility index (Phi) is 6.04. The molecule has 0 spiro atoms. The highest BCUT2D eigenvalue weighted by atomic mass is 32.2. The van der Waals surface area contributed by atoms with E-state index in [1.54, 1.807) is 0 Å². The minimum atomic E-state index is -0.319. The minimum absolute atomic E-state index is 0.113. The van der Waals surface area contributed by atoms with E-state index in [1.807, 2.05) is 52.0 Å². The van der Waals surface area contributed by atoms with E-state index >= 15 is 0 Å². The number of rotatable bonds is 7. The zero-order valence-electron chi connectivity index (χ0n) is 13.8. The average Bonchev–Trinajstić information content (AvgIpc) is 2.98. The summed E-state index contributed by atoms with van der Waals surface area (Å²) >= 11 is 1.32. The number of nitrogens with zero attached hydrogens (tertiary/aromatic N) is 2. The van der Waals surface area contributed by atoms with E-state index in [4.69, 9.17) is 4.74 Å². The van der Waals surface area contributed by atoms with Crippen LogP contribution in [0.3, 0.4) is 0 Å². The first kappa shape index (κ1) is 17.3. The van der Waals surface area contributed by atoms with Gasteiger partial charge >= 0.3 is 0 Å². The van der Waals surface area contributed by atoms with Crippen LogP contribution >= 0.6 is 11.8 Å². The lowest BCUT2D eigenvalue weighted by atomic mass is 10.2. The molecular formula is C16H22N4O2S. The van der Waals surface area contributed by atoms with Gasteiger partial charge in [-0.15, -0.1) is 5.10 Å². The van der Waals surface area contributed by atoms with Gasteiger partial charge in [-0.3, -0.25) is 9.89 Å². The Morgan fingerprint density at radius 3 is 2.74 bits per heavy atom. The number of ether oxygens (including phenoxy) is 1. The van der Waals surface area contributed by atoms with Crippen molar-refractivity contribution in [1.29, 1.82) is 0 Å². The molecule has 1 atom stereocenters. The molecule has 23 heavy (non-hydrogen) atoms. The molecule has 2 rings (SSSR count). The molecule has 7 heteroatoms. The van der Waals surface area contributed by atoms with Crippen molar-refractivity contribution < 1.29 is 9.53 Å². The predicted molar refractivity (Wildman–Crippen MR) is 92.0 cm³/mol. The molecule has 0 fully saturated rings. The zero-order valence-corrected chi connectivity index (χ0v) is 14.6. The molecule has 1 heterocycles. The summed E-state index contributed by atoms with van der Waals surface area (Å²) in [5.74, 6) is 1.65. The Hall–Kier alpha value is -2.02. The Bertz CT molecular complexity index is 657. The van der Waals surface area contributed by atoms with Gasteiger partial charge in [0.05, 0.1) is 17.5 Å². The number of para-hydroxylation sites is 2. The first-order chi connectivity index (χ1) is 11.0. The number of carbonyl (C=O) groups excluding carboxylic acids is 1. The molecule has 2 aromatic rings. The van der Waals surface area contributed by atoms with Crippen LogP contribution in [-0.4, -0.2) is 32.9 Å². The van der Waals surface area contributed by atoms with Crippen molar-refractivity contribution in [3.63, 3.8) is 0 Å². The van der Waals surface area contributed by atoms with Crippen molar-refractivity contribution in [2.45, 2.75) is 44.0 Å². The lowest BCUT2D eigenvalue weighted by Crippen LogP contribution is -2.22. The second kappa shape index (κ2) is 8.01. The lowest BCUT2D eigenvalue weighted by Gasteiger charge is -2.13. The number of thioether (sulfide) groups is 1. The van der Waals surface area contributed by atoms with Gasteiger partial charge in [0, 0.05) is 5.92 Å². The largest absolute Gasteiger partial charge is 0.492 e. The van der Waals surface area contributed by atoms with Crippen LogP contribution < -0.4 is 10.1 Å². The van der Waals surface area contributed by atoms with Crippen LogP contribution in [-0.2, 0) is 4.79 Å². The number of aromatic amines is 1. The second-order valence-electron chi connectivity index (χ2n) is 5.34. The first-order valence-electron chi connectivity index (χ1n) is 7.63. The normalized spacial score (nSPS) is 12.2. The SMILES string of the molecule is CCOc1ccccc1NC(=O)C(C)Sc1n[nH]c(C(C)C)n1. The molecule has 0 aliphatic rings. The van der Waals surface area contributed by atoms with E-state index in [2.05, 4.69) is 20.5 Å². The van der Waals surface area contributed by atoms with E-state index in [9.17, 15) is 4.79 Å². The number of carbonyl (C=O) groups is 1. The quantitative estimate of drug-likeness (QED) is 0.758. The average molecular weight is 334 g/mol. The number of aromatic nitrogens is 3. The van der Waals surface area contributed by atoms with Crippen molar-refractivity contribution in [3.8, 4) is 5.75 Å². The summed E-state index contributed by atoms with van der Waals surface area (Å²) in [6.45, 7) is 8.36. The molecule has 0 saturated heterocycles. The van der Waals surface area contributed by atoms with E-state index in [0.717, 1.165) is 5.82 Å². The highest BCUT2D eigenvalue weighted by molar-refractivity contribution is 8.00. The highest BCUT2D eigenvalue weighted by Crippen LogP contribution is 2.26. The highest BCUT2D eigenvalue weighted by Gasteiger charge is 2.19. The van der Waals surface area contributed by atoms with Crippen molar-refractivity contribution in [3.05, 3.63) is 30.1 Å². The summed E-state index contributed by atoms with van der Waals surface area (Å²) in [5, 5.41) is 10.2. The van der Waals surface area contributed by atoms with Crippen LogP contribution in [0.2, 0.25) is 0 Å². The van der Waals surface area contributed by atoms with Crippen LogP contribution in [0.25, 0.3) is 0 Å². The monoisotopic (exact) mass is 334 g/mol. The van der Waals surface area contributed by atoms with Gasteiger partial charge in [0.1, 0.15) is 11.6 Å². The van der Waals surface area contributed by atoms with E-state index in [0.29, 0.717) is 23.2 Å². The minimum Gasteiger partial charge on any atom is -0.492 e. The van der Waals surface area contributed by atoms with E-state index in [-0.39, 0.29) is 17.1 Å². The van der Waals surface area contributed by atoms with E-state index < -0.39 is 0 Å². The summed E-state index contributed by atoms with van der Waals surface area (Å²) in [5.41, 5.74) is 0.671. The van der Waals surface area contributed by atoms with Crippen molar-refractivity contribution in [1.82, 2.24) is 15.2 Å². The molecule has 0 aliphatic heterocycles. The van der Waals surface area contributed by atoms with Crippen LogP contribution in [0.5, 0.6) is 5.75 Å². The Labute approximate surface area is 140 Å². The summed E-state index contributed by atoms with van der Waals surface area (Å²) < 4.78 is 5.51. The standard InChI is InChI=1S/C16H22N4O2S/c1-5-22-13-9-7-6-8-12(13)17-15(21)11(4)23-16-18-14(10(2)3)19-20-16/h6-11H,5H2,1-4H3,(H,17,21)(H,18,19,20). The predicted octanol–water partition coefficient (Wildman–Crippen LogP) is 3.45. The van der Waals surface area contributed by atoms with Crippen LogP contribution in [0.1, 0.15) is 39.4 Å². The second-order valence-corrected chi connectivity index (χ2v) is 6.64. The van der Waals surface area contributed by atoms with Crippen molar-refractivity contribution >= 4 is 23.4 Å². The molecule has 1 aromatic carbocycles. The zero-order chi connectivity index (χ0) is 16.8. The number of hydrogen-bond donors (Lipinski definition) is 2. The number of amides is 1. The topological polar surface area (TPSA) is 79.9 Å². The molecule has 0 radical (unpaired) electrons. The van der Waals surface area contributed by atoms with Gasteiger partial charge in [-0.25, -0.2) is 4.98 Å². The smallest absolute Gasteiger partial charge is 0.237 e. The number of hydrogen-bond acceptors (Lipinski definition) is 5. The van der Waals surface area contributed by atoms with E-state index in [1.165, 1.54) is 11.8 Å². The molecule has 124 valence electrons. The molecule has 0 saturated carbocycles. The third kappa shape index (κ3) is 4.72. The van der Waals surface area contributed by atoms with Crippen LogP contribution in [0.4, 0.5) is 5.69 Å². The van der Waals surface area contributed by atoms with Gasteiger partial charge in [0.15, 0.2) is 0 Å². The summed E-state index contributed by atoms with van der Waals surface area (Å²) in [4.78, 5) is 16.7. The molecule has 1 amide bonds. The fourth-order valence-corrected chi connectivity index (χ4v) is 2.60. The molecule has 1 aromatic heterocycles. The summed E-state index contributed by atoms with van der Waals surface area (Å²) in [6, 6.07) is 7.39. The summed E-state index contributed by atoms with van der Waals surface area (Å²) in [7, 11) is 0. The number of H-pyrrole nitrogens is 1. The molecule has 0 aliphatic carbocycles. The van der Waals surface area contributed by atoms with Gasteiger partial charge in [-0.05, 0) is 26.0 Å². The van der Waals surface area contributed by atoms with Gasteiger partial charge < -0.3 is 10.1 Å². The third-order valence-electron chi connectivity index (χ3n) is 3.13. The van der Waals surface area contributed by atoms with Crippen LogP contribution in [0, 0.1) is 0 Å². The third-order valence-corrected chi connectivity index (χ3v) is 4.09. The maximum atomic E-state index is 12.4. The maximum absolute atomic E-state index is 12.4. The molecule has 2 N–H and O–H groups in total. The first-order valence-corrected chi connectivity index (χ1v) is 8.50. The van der Waals surface area contributed by atoms with Crippen LogP contribution in [0.15, 0.2) is 29.4 Å². The molecule has 1 unspecified atom stereocenters. The van der Waals surface area contributed by atoms with Crippen molar-refractivity contribution in [2.75, 3.05) is 11.9 Å². The number of benzene rings is 1. The van der Waals surface area contributed by atoms with Gasteiger partial charge in [0.2, 0.25) is 11.1 Å². The van der Waals surface area contributed by atoms with Gasteiger partial charge in [-0.2, -0.15) is 0 Å². The molecule has 0 bridgehead atoms. The fraction of sp³-hybridized carbons (Fsp3) is 0.438. The van der Waals surface area contributed by atoms with Gasteiger partial charge in [-0.1, -0.05) is 37.7 Å². The number of anilines is 1. The Balaban J connectivity index is 1.99. The van der Waals surface area contributed by atoms with Crippen molar-refractivity contribution in [2.24, 2.45) is 0 Å². The maximum Gasteiger partial charge on any atom is 0.237 e. The molecule has 6 nitrogen and oxygen atoms in total. The number of nitrogens with one attached hydrogen (secondary N) is 2. The fourth-order valence-electron chi connectivity index (χ4n) is 1.87. The summed E-state index contributed by atoms with van der Waals surface area (Å²) in [6.07, 6.45) is 0. The Morgan fingerprint density at radius 2 is 2.09 bits per heavy atom. The lowest BCUT2D eigenvalue weighted by molar-refractivity contribution is -0.115.